The first-order valence-corrected chi connectivity index (χ1v) is 9.96. The molecule has 1 unspecified atom stereocenters. The van der Waals surface area contributed by atoms with Gasteiger partial charge >= 0.3 is 0 Å². The molecule has 0 spiro atoms. The summed E-state index contributed by atoms with van der Waals surface area (Å²) in [5.74, 6) is -0.0721. The van der Waals surface area contributed by atoms with Crippen LogP contribution in [0.3, 0.4) is 0 Å². The van der Waals surface area contributed by atoms with Crippen LogP contribution in [-0.4, -0.2) is 29.8 Å². The zero-order valence-corrected chi connectivity index (χ0v) is 17.0. The van der Waals surface area contributed by atoms with Gasteiger partial charge in [0.05, 0.1) is 12.0 Å². The number of anilines is 1. The first-order valence-electron chi connectivity index (χ1n) is 9.96. The van der Waals surface area contributed by atoms with Gasteiger partial charge in [0.2, 0.25) is 11.8 Å². The number of nitrogens with zero attached hydrogens (tertiary/aromatic N) is 2. The van der Waals surface area contributed by atoms with Gasteiger partial charge in [-0.2, -0.15) is 0 Å². The van der Waals surface area contributed by atoms with E-state index in [1.807, 2.05) is 61.5 Å². The van der Waals surface area contributed by atoms with Crippen molar-refractivity contribution < 1.29 is 9.59 Å². The fraction of sp³-hybridized carbons (Fsp3) is 0.280. The fourth-order valence-electron chi connectivity index (χ4n) is 3.93. The summed E-state index contributed by atoms with van der Waals surface area (Å²) in [6.45, 7) is 10.9. The van der Waals surface area contributed by atoms with Crippen LogP contribution < -0.4 is 4.90 Å². The number of hydrogen-bond donors (Lipinski definition) is 0. The Morgan fingerprint density at radius 2 is 1.76 bits per heavy atom. The van der Waals surface area contributed by atoms with Gasteiger partial charge in [-0.25, -0.2) is 0 Å². The molecule has 0 saturated heterocycles. The van der Waals surface area contributed by atoms with Crippen molar-refractivity contribution in [2.45, 2.75) is 31.7 Å². The molecule has 0 N–H and O–H groups in total. The predicted molar refractivity (Wildman–Crippen MR) is 118 cm³/mol. The van der Waals surface area contributed by atoms with E-state index in [1.165, 1.54) is 0 Å². The van der Waals surface area contributed by atoms with Crippen molar-refractivity contribution in [2.75, 3.05) is 18.0 Å². The minimum atomic E-state index is -0.879. The van der Waals surface area contributed by atoms with Crippen molar-refractivity contribution >= 4 is 17.5 Å². The molecule has 0 fully saturated rings. The summed E-state index contributed by atoms with van der Waals surface area (Å²) in [6, 6.07) is 17.7. The van der Waals surface area contributed by atoms with Gasteiger partial charge in [-0.15, -0.1) is 13.2 Å². The van der Waals surface area contributed by atoms with E-state index in [9.17, 15) is 9.59 Å². The largest absolute Gasteiger partial charge is 0.339 e. The van der Waals surface area contributed by atoms with E-state index in [0.29, 0.717) is 26.1 Å². The maximum absolute atomic E-state index is 13.5. The van der Waals surface area contributed by atoms with E-state index < -0.39 is 5.41 Å². The molecular weight excluding hydrogens is 360 g/mol. The molecule has 0 bridgehead atoms. The highest BCUT2D eigenvalue weighted by molar-refractivity contribution is 6.09. The van der Waals surface area contributed by atoms with Crippen LogP contribution in [0.4, 0.5) is 5.69 Å². The second-order valence-corrected chi connectivity index (χ2v) is 7.61. The number of fused-ring (bicyclic) bond motifs is 1. The molecule has 3 rings (SSSR count). The van der Waals surface area contributed by atoms with Gasteiger partial charge in [0.1, 0.15) is 0 Å². The molecule has 1 aliphatic rings. The van der Waals surface area contributed by atoms with E-state index >= 15 is 0 Å². The maximum atomic E-state index is 13.5. The second kappa shape index (κ2) is 8.91. The maximum Gasteiger partial charge on any atom is 0.238 e. The highest BCUT2D eigenvalue weighted by atomic mass is 16.2. The molecule has 1 heterocycles. The minimum Gasteiger partial charge on any atom is -0.339 e. The lowest BCUT2D eigenvalue weighted by Crippen LogP contribution is -2.43. The Hall–Kier alpha value is -3.14. The molecule has 4 heteroatoms. The minimum absolute atomic E-state index is 0.0295. The quantitative estimate of drug-likeness (QED) is 0.595. The fourth-order valence-corrected chi connectivity index (χ4v) is 3.93. The molecule has 0 radical (unpaired) electrons. The number of benzene rings is 2. The number of para-hydroxylation sites is 1. The number of hydrogen-bond acceptors (Lipinski definition) is 2. The molecule has 2 amide bonds. The normalized spacial score (nSPS) is 17.7. The summed E-state index contributed by atoms with van der Waals surface area (Å²) < 4.78 is 0. The smallest absolute Gasteiger partial charge is 0.238 e. The number of carbonyl (C=O) groups excluding carboxylic acids is 2. The van der Waals surface area contributed by atoms with E-state index in [4.69, 9.17) is 0 Å². The zero-order valence-electron chi connectivity index (χ0n) is 17.0. The molecule has 0 saturated carbocycles. The third-order valence-corrected chi connectivity index (χ3v) is 5.50. The Kier molecular flexibility index (Phi) is 6.32. The monoisotopic (exact) mass is 388 g/mol. The third kappa shape index (κ3) is 4.16. The highest BCUT2D eigenvalue weighted by Gasteiger charge is 2.48. The average Bonchev–Trinajstić information content (AvgIpc) is 2.94. The first kappa shape index (κ1) is 20.6. The topological polar surface area (TPSA) is 40.6 Å². The van der Waals surface area contributed by atoms with Gasteiger partial charge in [-0.3, -0.25) is 9.59 Å². The molecule has 150 valence electrons. The van der Waals surface area contributed by atoms with Crippen molar-refractivity contribution in [1.29, 1.82) is 0 Å². The Morgan fingerprint density at radius 1 is 1.07 bits per heavy atom. The van der Waals surface area contributed by atoms with Gasteiger partial charge in [-0.05, 0) is 30.5 Å². The van der Waals surface area contributed by atoms with Crippen molar-refractivity contribution in [2.24, 2.45) is 0 Å². The van der Waals surface area contributed by atoms with Crippen LogP contribution in [-0.2, 0) is 21.5 Å². The molecule has 2 aromatic carbocycles. The number of amides is 2. The van der Waals surface area contributed by atoms with Gasteiger partial charge in [0.25, 0.3) is 0 Å². The van der Waals surface area contributed by atoms with Crippen LogP contribution in [0.2, 0.25) is 0 Å². The van der Waals surface area contributed by atoms with E-state index in [2.05, 4.69) is 13.2 Å². The number of rotatable bonds is 9. The van der Waals surface area contributed by atoms with Crippen molar-refractivity contribution in [1.82, 2.24) is 4.90 Å². The highest BCUT2D eigenvalue weighted by Crippen LogP contribution is 2.44. The van der Waals surface area contributed by atoms with Crippen LogP contribution in [0.1, 0.15) is 30.9 Å². The SMILES string of the molecule is C=CCCN(CC=C)C(=O)CC1(C)C(=O)N(Cc2ccccc2)c2ccccc21. The average molecular weight is 389 g/mol. The molecule has 2 aromatic rings. The summed E-state index contributed by atoms with van der Waals surface area (Å²) in [5, 5.41) is 0. The number of carbonyl (C=O) groups is 2. The standard InChI is InChI=1S/C25H28N2O2/c1-4-6-17-26(16-5-2)23(28)18-25(3)21-14-10-11-15-22(21)27(24(25)29)19-20-12-8-7-9-13-20/h4-5,7-15H,1-2,6,16-19H2,3H3. The van der Waals surface area contributed by atoms with E-state index in [0.717, 1.165) is 16.8 Å². The van der Waals surface area contributed by atoms with Gasteiger partial charge < -0.3 is 9.80 Å². The van der Waals surface area contributed by atoms with Crippen molar-refractivity contribution in [3.8, 4) is 0 Å². The summed E-state index contributed by atoms with van der Waals surface area (Å²) in [4.78, 5) is 30.2. The molecule has 29 heavy (non-hydrogen) atoms. The molecular formula is C25H28N2O2. The van der Waals surface area contributed by atoms with Gasteiger partial charge in [0, 0.05) is 25.2 Å². The summed E-state index contributed by atoms with van der Waals surface area (Å²) >= 11 is 0. The lowest BCUT2D eigenvalue weighted by atomic mass is 9.80. The Balaban J connectivity index is 1.89. The van der Waals surface area contributed by atoms with Crippen molar-refractivity contribution in [3.05, 3.63) is 91.0 Å². The summed E-state index contributed by atoms with van der Waals surface area (Å²) in [5.41, 5.74) is 1.98. The van der Waals surface area contributed by atoms with Crippen LogP contribution in [0.25, 0.3) is 0 Å². The van der Waals surface area contributed by atoms with Crippen LogP contribution in [0.5, 0.6) is 0 Å². The third-order valence-electron chi connectivity index (χ3n) is 5.50. The van der Waals surface area contributed by atoms with Crippen LogP contribution in [0, 0.1) is 0 Å². The van der Waals surface area contributed by atoms with E-state index in [1.54, 1.807) is 22.0 Å². The first-order chi connectivity index (χ1) is 14.0. The summed E-state index contributed by atoms with van der Waals surface area (Å²) in [7, 11) is 0. The second-order valence-electron chi connectivity index (χ2n) is 7.61. The Labute approximate surface area is 173 Å². The lowest BCUT2D eigenvalue weighted by molar-refractivity contribution is -0.135. The van der Waals surface area contributed by atoms with Crippen molar-refractivity contribution in [3.63, 3.8) is 0 Å². The molecule has 4 nitrogen and oxygen atoms in total. The molecule has 0 aromatic heterocycles. The lowest BCUT2D eigenvalue weighted by Gasteiger charge is -2.28. The zero-order chi connectivity index (χ0) is 20.9. The van der Waals surface area contributed by atoms with E-state index in [-0.39, 0.29) is 18.2 Å². The van der Waals surface area contributed by atoms with Gasteiger partial charge in [0.15, 0.2) is 0 Å². The Bertz CT molecular complexity index is 906. The molecule has 1 atom stereocenters. The molecule has 1 aliphatic heterocycles. The van der Waals surface area contributed by atoms with Gasteiger partial charge in [-0.1, -0.05) is 60.7 Å². The van der Waals surface area contributed by atoms with Crippen LogP contribution in [0.15, 0.2) is 79.9 Å². The summed E-state index contributed by atoms with van der Waals surface area (Å²) in [6.07, 6.45) is 4.36. The Morgan fingerprint density at radius 3 is 2.45 bits per heavy atom. The van der Waals surface area contributed by atoms with Crippen LogP contribution >= 0.6 is 0 Å². The predicted octanol–water partition coefficient (Wildman–Crippen LogP) is 4.47. The molecule has 0 aliphatic carbocycles.